The number of nitrogens with zero attached hydrogens (tertiary/aromatic N) is 4. The smallest absolute Gasteiger partial charge is 0.155 e. The lowest BCUT2D eigenvalue weighted by atomic mass is 10.1. The average molecular weight is 397 g/mol. The Balaban J connectivity index is 1.50. The van der Waals surface area contributed by atoms with Crippen LogP contribution < -0.4 is 0 Å². The third-order valence-corrected chi connectivity index (χ3v) is 6.83. The van der Waals surface area contributed by atoms with E-state index in [1.807, 2.05) is 60.9 Å². The summed E-state index contributed by atoms with van der Waals surface area (Å²) in [6.07, 6.45) is 3.68. The van der Waals surface area contributed by atoms with E-state index in [0.29, 0.717) is 0 Å². The van der Waals surface area contributed by atoms with Gasteiger partial charge in [0.2, 0.25) is 0 Å². The maximum Gasteiger partial charge on any atom is 0.155 e. The molecule has 0 radical (unpaired) electrons. The summed E-state index contributed by atoms with van der Waals surface area (Å²) in [5.74, 6) is 0. The van der Waals surface area contributed by atoms with Gasteiger partial charge in [-0.05, 0) is 24.3 Å². The van der Waals surface area contributed by atoms with E-state index in [4.69, 9.17) is 9.97 Å². The van der Waals surface area contributed by atoms with E-state index in [9.17, 15) is 0 Å². The van der Waals surface area contributed by atoms with E-state index in [1.165, 1.54) is 0 Å². The van der Waals surface area contributed by atoms with E-state index < -0.39 is 0 Å². The van der Waals surface area contributed by atoms with Gasteiger partial charge in [0.25, 0.3) is 0 Å². The molecule has 6 heteroatoms. The van der Waals surface area contributed by atoms with E-state index >= 15 is 0 Å². The predicted octanol–water partition coefficient (Wildman–Crippen LogP) is 6.18. The number of pyridine rings is 2. The molecule has 0 aliphatic heterocycles. The summed E-state index contributed by atoms with van der Waals surface area (Å²) in [7, 11) is 0. The molecule has 6 aromatic rings. The van der Waals surface area contributed by atoms with Crippen molar-refractivity contribution in [3.63, 3.8) is 0 Å². The molecule has 132 valence electrons. The van der Waals surface area contributed by atoms with Crippen LogP contribution in [0.4, 0.5) is 0 Å². The Hall–Kier alpha value is -3.22. The maximum absolute atomic E-state index is 4.89. The van der Waals surface area contributed by atoms with Crippen molar-refractivity contribution in [3.05, 3.63) is 73.1 Å². The number of para-hydroxylation sites is 2. The fraction of sp³-hybridized carbons (Fsp3) is 0. The number of hydrogen-bond acceptors (Lipinski definition) is 6. The van der Waals surface area contributed by atoms with Crippen molar-refractivity contribution >= 4 is 54.1 Å². The molecule has 6 rings (SSSR count). The molecule has 0 atom stereocenters. The Labute approximate surface area is 168 Å². The number of aromatic nitrogens is 4. The molecule has 0 saturated heterocycles. The molecule has 0 amide bonds. The maximum atomic E-state index is 4.89. The highest BCUT2D eigenvalue weighted by atomic mass is 32.1. The highest BCUT2D eigenvalue weighted by Crippen LogP contribution is 2.39. The first-order valence-corrected chi connectivity index (χ1v) is 10.5. The summed E-state index contributed by atoms with van der Waals surface area (Å²) in [5.41, 5.74) is 4.18. The molecule has 4 nitrogen and oxygen atoms in total. The average Bonchev–Trinajstić information content (AvgIpc) is 3.32. The lowest BCUT2D eigenvalue weighted by molar-refractivity contribution is 1.40. The lowest BCUT2D eigenvalue weighted by Gasteiger charge is -2.02. The molecule has 4 aromatic heterocycles. The molecule has 0 fully saturated rings. The van der Waals surface area contributed by atoms with Gasteiger partial charge in [0.05, 0.1) is 11.0 Å². The minimum atomic E-state index is 0.969. The van der Waals surface area contributed by atoms with Crippen LogP contribution in [0, 0.1) is 0 Å². The zero-order valence-electron chi connectivity index (χ0n) is 14.5. The number of hydrogen-bond donors (Lipinski definition) is 0. The van der Waals surface area contributed by atoms with Gasteiger partial charge >= 0.3 is 0 Å². The molecular formula is C22H12N4S2. The first-order valence-electron chi connectivity index (χ1n) is 8.82. The van der Waals surface area contributed by atoms with Gasteiger partial charge in [-0.15, -0.1) is 0 Å². The van der Waals surface area contributed by atoms with Crippen LogP contribution in [0.15, 0.2) is 73.1 Å². The topological polar surface area (TPSA) is 51.6 Å². The van der Waals surface area contributed by atoms with Crippen LogP contribution in [0.3, 0.4) is 0 Å². The van der Waals surface area contributed by atoms with Crippen LogP contribution in [0.1, 0.15) is 0 Å². The lowest BCUT2D eigenvalue weighted by Crippen LogP contribution is -1.83. The normalized spacial score (nSPS) is 11.6. The Kier molecular flexibility index (Phi) is 3.47. The van der Waals surface area contributed by atoms with Gasteiger partial charge in [0.1, 0.15) is 10.0 Å². The molecule has 0 aliphatic rings. The van der Waals surface area contributed by atoms with Crippen molar-refractivity contribution in [2.75, 3.05) is 0 Å². The fourth-order valence-corrected chi connectivity index (χ4v) is 5.56. The van der Waals surface area contributed by atoms with Crippen LogP contribution >= 0.6 is 22.7 Å². The van der Waals surface area contributed by atoms with Crippen LogP contribution in [-0.4, -0.2) is 19.9 Å². The third kappa shape index (κ3) is 2.42. The molecule has 0 bridgehead atoms. The van der Waals surface area contributed by atoms with Gasteiger partial charge in [-0.3, -0.25) is 9.97 Å². The van der Waals surface area contributed by atoms with E-state index in [1.54, 1.807) is 22.7 Å². The second-order valence-corrected chi connectivity index (χ2v) is 8.35. The summed E-state index contributed by atoms with van der Waals surface area (Å²) >= 11 is 3.26. The van der Waals surface area contributed by atoms with Crippen molar-refractivity contribution in [1.29, 1.82) is 0 Å². The number of benzene rings is 2. The van der Waals surface area contributed by atoms with Crippen LogP contribution in [-0.2, 0) is 0 Å². The molecule has 0 N–H and O–H groups in total. The van der Waals surface area contributed by atoms with E-state index in [2.05, 4.69) is 22.1 Å². The first kappa shape index (κ1) is 15.8. The highest BCUT2D eigenvalue weighted by Gasteiger charge is 2.16. The van der Waals surface area contributed by atoms with E-state index in [-0.39, 0.29) is 0 Å². The molecule has 0 spiro atoms. The standard InChI is InChI=1S/C22H12N4S2/c1-3-7-17-13(5-1)15(9-11-23-17)19-25-21-22(27-19)26-20(28-21)16-10-12-24-18-8-4-2-6-14(16)18/h1-12H. The van der Waals surface area contributed by atoms with Gasteiger partial charge in [0, 0.05) is 34.3 Å². The third-order valence-electron chi connectivity index (χ3n) is 4.73. The van der Waals surface area contributed by atoms with Crippen molar-refractivity contribution in [1.82, 2.24) is 19.9 Å². The van der Waals surface area contributed by atoms with Gasteiger partial charge in [-0.1, -0.05) is 59.1 Å². The minimum absolute atomic E-state index is 0.969. The molecule has 0 saturated carbocycles. The number of fused-ring (bicyclic) bond motifs is 3. The second kappa shape index (κ2) is 6.15. The van der Waals surface area contributed by atoms with Crippen molar-refractivity contribution in [3.8, 4) is 21.1 Å². The van der Waals surface area contributed by atoms with Gasteiger partial charge in [-0.25, -0.2) is 9.97 Å². The molecule has 28 heavy (non-hydrogen) atoms. The van der Waals surface area contributed by atoms with Crippen molar-refractivity contribution < 1.29 is 0 Å². The monoisotopic (exact) mass is 396 g/mol. The molecule has 0 unspecified atom stereocenters. The zero-order valence-corrected chi connectivity index (χ0v) is 16.2. The first-order chi connectivity index (χ1) is 13.9. The van der Waals surface area contributed by atoms with Crippen molar-refractivity contribution in [2.24, 2.45) is 0 Å². The summed E-state index contributed by atoms with van der Waals surface area (Å²) < 4.78 is 0. The number of rotatable bonds is 2. The summed E-state index contributed by atoms with van der Waals surface area (Å²) in [5, 5.41) is 4.20. The van der Waals surface area contributed by atoms with Crippen LogP contribution in [0.2, 0.25) is 0 Å². The fourth-order valence-electron chi connectivity index (χ4n) is 3.44. The van der Waals surface area contributed by atoms with Gasteiger partial charge in [0.15, 0.2) is 9.66 Å². The Morgan fingerprint density at radius 2 is 1.00 bits per heavy atom. The molecular weight excluding hydrogens is 384 g/mol. The Morgan fingerprint density at radius 1 is 0.536 bits per heavy atom. The van der Waals surface area contributed by atoms with E-state index in [0.717, 1.165) is 52.6 Å². The summed E-state index contributed by atoms with van der Waals surface area (Å²) in [4.78, 5) is 20.6. The Bertz CT molecular complexity index is 1330. The zero-order chi connectivity index (χ0) is 18.5. The molecule has 4 heterocycles. The van der Waals surface area contributed by atoms with Crippen molar-refractivity contribution in [2.45, 2.75) is 0 Å². The minimum Gasteiger partial charge on any atom is -0.256 e. The predicted molar refractivity (Wildman–Crippen MR) is 117 cm³/mol. The SMILES string of the molecule is c1ccc2c(-c3nc4sc(-c5ccnc6ccccc56)nc4s3)ccnc2c1. The molecule has 2 aromatic carbocycles. The quantitative estimate of drug-likeness (QED) is 0.350. The summed E-state index contributed by atoms with van der Waals surface area (Å²) in [6.45, 7) is 0. The van der Waals surface area contributed by atoms with Crippen LogP contribution in [0.25, 0.3) is 52.6 Å². The van der Waals surface area contributed by atoms with Gasteiger partial charge in [-0.2, -0.15) is 0 Å². The summed E-state index contributed by atoms with van der Waals surface area (Å²) in [6, 6.07) is 20.4. The molecule has 0 aliphatic carbocycles. The number of thiazole rings is 2. The Morgan fingerprint density at radius 3 is 1.50 bits per heavy atom. The van der Waals surface area contributed by atoms with Gasteiger partial charge < -0.3 is 0 Å². The largest absolute Gasteiger partial charge is 0.256 e. The second-order valence-electron chi connectivity index (χ2n) is 6.40. The highest BCUT2D eigenvalue weighted by molar-refractivity contribution is 7.29. The van der Waals surface area contributed by atoms with Crippen LogP contribution in [0.5, 0.6) is 0 Å².